The molecule has 1 aliphatic rings. The highest BCUT2D eigenvalue weighted by Gasteiger charge is 2.35. The summed E-state index contributed by atoms with van der Waals surface area (Å²) >= 11 is 7.63. The molecule has 2 heterocycles. The monoisotopic (exact) mass is 674 g/mol. The zero-order valence-electron chi connectivity index (χ0n) is 25.7. The van der Waals surface area contributed by atoms with Crippen molar-refractivity contribution in [1.82, 2.24) is 4.57 Å². The van der Waals surface area contributed by atoms with Crippen molar-refractivity contribution in [2.75, 3.05) is 6.61 Å². The molecular formula is C39H28ClFN2O4S. The molecule has 0 bridgehead atoms. The first-order valence-electron chi connectivity index (χ1n) is 15.3. The van der Waals surface area contributed by atoms with Crippen LogP contribution in [0.1, 0.15) is 35.2 Å². The zero-order valence-corrected chi connectivity index (χ0v) is 27.3. The van der Waals surface area contributed by atoms with Crippen molar-refractivity contribution < 1.29 is 18.7 Å². The molecule has 0 saturated heterocycles. The number of ether oxygens (including phenoxy) is 2. The van der Waals surface area contributed by atoms with Gasteiger partial charge in [-0.3, -0.25) is 9.36 Å². The molecule has 0 spiro atoms. The van der Waals surface area contributed by atoms with Gasteiger partial charge in [-0.15, -0.1) is 0 Å². The van der Waals surface area contributed by atoms with Gasteiger partial charge >= 0.3 is 5.97 Å². The maximum Gasteiger partial charge on any atom is 0.338 e. The number of benzene rings is 5. The summed E-state index contributed by atoms with van der Waals surface area (Å²) in [5.41, 5.74) is 3.06. The maximum absolute atomic E-state index is 14.3. The summed E-state index contributed by atoms with van der Waals surface area (Å²) in [5.74, 6) is -0.499. The largest absolute Gasteiger partial charge is 0.488 e. The summed E-state index contributed by atoms with van der Waals surface area (Å²) in [7, 11) is 0. The molecule has 0 N–H and O–H groups in total. The van der Waals surface area contributed by atoms with Gasteiger partial charge in [0.25, 0.3) is 5.56 Å². The van der Waals surface area contributed by atoms with Crippen molar-refractivity contribution in [3.8, 4) is 5.75 Å². The first kappa shape index (κ1) is 31.3. The third-order valence-corrected chi connectivity index (χ3v) is 9.30. The number of halogens is 2. The van der Waals surface area contributed by atoms with Crippen molar-refractivity contribution >= 4 is 51.5 Å². The molecule has 9 heteroatoms. The third kappa shape index (κ3) is 6.08. The van der Waals surface area contributed by atoms with Crippen molar-refractivity contribution in [3.63, 3.8) is 0 Å². The Hall–Kier alpha value is -5.31. The smallest absolute Gasteiger partial charge is 0.338 e. The van der Waals surface area contributed by atoms with Gasteiger partial charge in [-0.25, -0.2) is 14.2 Å². The lowest BCUT2D eigenvalue weighted by Crippen LogP contribution is -2.40. The van der Waals surface area contributed by atoms with Crippen LogP contribution in [0.5, 0.6) is 5.75 Å². The topological polar surface area (TPSA) is 69.9 Å². The Labute approximate surface area is 284 Å². The van der Waals surface area contributed by atoms with Gasteiger partial charge in [0.1, 0.15) is 18.2 Å². The minimum absolute atomic E-state index is 0.126. The Bertz CT molecular complexity index is 2380. The van der Waals surface area contributed by atoms with E-state index in [9.17, 15) is 14.0 Å². The van der Waals surface area contributed by atoms with Crippen LogP contribution in [0, 0.1) is 5.82 Å². The lowest BCUT2D eigenvalue weighted by Gasteiger charge is -2.25. The van der Waals surface area contributed by atoms with Crippen LogP contribution in [0.3, 0.4) is 0 Å². The second-order valence-electron chi connectivity index (χ2n) is 11.1. The molecule has 0 aliphatic carbocycles. The van der Waals surface area contributed by atoms with Gasteiger partial charge in [0.2, 0.25) is 0 Å². The first-order valence-corrected chi connectivity index (χ1v) is 16.5. The number of hydrogen-bond acceptors (Lipinski definition) is 6. The Balaban J connectivity index is 1.38. The number of nitrogens with zero attached hydrogens (tertiary/aromatic N) is 2. The van der Waals surface area contributed by atoms with Gasteiger partial charge in [-0.05, 0) is 65.2 Å². The molecule has 6 aromatic rings. The third-order valence-electron chi connectivity index (χ3n) is 8.08. The van der Waals surface area contributed by atoms with Gasteiger partial charge in [0, 0.05) is 16.1 Å². The van der Waals surface area contributed by atoms with Crippen molar-refractivity contribution in [2.45, 2.75) is 19.6 Å². The number of carbonyl (C=O) groups excluding carboxylic acids is 1. The van der Waals surface area contributed by atoms with Crippen molar-refractivity contribution in [3.05, 3.63) is 174 Å². The first-order chi connectivity index (χ1) is 23.4. The SMILES string of the molecule is CCOC(=O)C1=C(c2ccccc2)N=c2s/c(=C\c3cc(Cl)ccc3OCc3cccc4ccccc34)c(=O)n2[C@@H]1c1ccc(F)cc1. The number of rotatable bonds is 8. The Morgan fingerprint density at radius 3 is 2.50 bits per heavy atom. The van der Waals surface area contributed by atoms with Crippen LogP contribution < -0.4 is 19.6 Å². The molecule has 0 amide bonds. The summed E-state index contributed by atoms with van der Waals surface area (Å²) in [4.78, 5) is 33.2. The summed E-state index contributed by atoms with van der Waals surface area (Å²) in [6, 6.07) is 33.6. The zero-order chi connectivity index (χ0) is 33.2. The lowest BCUT2D eigenvalue weighted by molar-refractivity contribution is -0.138. The van der Waals surface area contributed by atoms with E-state index in [2.05, 4.69) is 18.2 Å². The van der Waals surface area contributed by atoms with E-state index in [0.29, 0.717) is 49.1 Å². The number of aromatic nitrogens is 1. The van der Waals surface area contributed by atoms with Crippen LogP contribution >= 0.6 is 22.9 Å². The van der Waals surface area contributed by atoms with E-state index in [-0.39, 0.29) is 17.7 Å². The maximum atomic E-state index is 14.3. The number of carbonyl (C=O) groups is 1. The molecule has 0 saturated carbocycles. The molecule has 1 aliphatic heterocycles. The lowest BCUT2D eigenvalue weighted by atomic mass is 9.93. The minimum Gasteiger partial charge on any atom is -0.488 e. The highest BCUT2D eigenvalue weighted by Crippen LogP contribution is 2.35. The van der Waals surface area contributed by atoms with Crippen LogP contribution in [-0.4, -0.2) is 17.1 Å². The highest BCUT2D eigenvalue weighted by molar-refractivity contribution is 7.07. The molecule has 7 rings (SSSR count). The van der Waals surface area contributed by atoms with Crippen molar-refractivity contribution in [2.24, 2.45) is 4.99 Å². The molecule has 6 nitrogen and oxygen atoms in total. The van der Waals surface area contributed by atoms with Crippen LogP contribution in [0.2, 0.25) is 5.02 Å². The van der Waals surface area contributed by atoms with Gasteiger partial charge < -0.3 is 9.47 Å². The second kappa shape index (κ2) is 13.4. The average molecular weight is 675 g/mol. The fourth-order valence-electron chi connectivity index (χ4n) is 5.88. The van der Waals surface area contributed by atoms with Gasteiger partial charge in [-0.2, -0.15) is 0 Å². The molecular weight excluding hydrogens is 647 g/mol. The van der Waals surface area contributed by atoms with Gasteiger partial charge in [0.15, 0.2) is 4.80 Å². The summed E-state index contributed by atoms with van der Waals surface area (Å²) in [6.07, 6.45) is 1.73. The van der Waals surface area contributed by atoms with Crippen LogP contribution in [0.25, 0.3) is 22.5 Å². The van der Waals surface area contributed by atoms with Crippen LogP contribution in [0.4, 0.5) is 4.39 Å². The fraction of sp³-hybridized carbons (Fsp3) is 0.103. The van der Waals surface area contributed by atoms with E-state index in [1.807, 2.05) is 54.6 Å². The molecule has 48 heavy (non-hydrogen) atoms. The number of esters is 1. The summed E-state index contributed by atoms with van der Waals surface area (Å²) in [5, 5.41) is 2.69. The summed E-state index contributed by atoms with van der Waals surface area (Å²) < 4.78 is 27.8. The molecule has 238 valence electrons. The predicted octanol–water partition coefficient (Wildman–Crippen LogP) is 7.46. The highest BCUT2D eigenvalue weighted by atomic mass is 35.5. The Morgan fingerprint density at radius 2 is 1.71 bits per heavy atom. The average Bonchev–Trinajstić information content (AvgIpc) is 3.42. The van der Waals surface area contributed by atoms with E-state index in [1.165, 1.54) is 28.0 Å². The van der Waals surface area contributed by atoms with E-state index in [4.69, 9.17) is 26.1 Å². The quantitative estimate of drug-likeness (QED) is 0.157. The molecule has 0 fully saturated rings. The predicted molar refractivity (Wildman–Crippen MR) is 187 cm³/mol. The van der Waals surface area contributed by atoms with Crippen LogP contribution in [-0.2, 0) is 16.1 Å². The fourth-order valence-corrected chi connectivity index (χ4v) is 7.05. The summed E-state index contributed by atoms with van der Waals surface area (Å²) in [6.45, 7) is 2.15. The van der Waals surface area contributed by atoms with E-state index < -0.39 is 17.8 Å². The number of fused-ring (bicyclic) bond motifs is 2. The van der Waals surface area contributed by atoms with Crippen LogP contribution in [0.15, 0.2) is 131 Å². The van der Waals surface area contributed by atoms with E-state index in [1.54, 1.807) is 43.3 Å². The Kier molecular flexibility index (Phi) is 8.76. The minimum atomic E-state index is -0.917. The molecule has 0 unspecified atom stereocenters. The standard InChI is InChI=1S/C39H28ClFN2O4S/c1-2-46-38(45)34-35(25-10-4-3-5-11-25)42-39-43(36(34)26-15-18-30(41)19-16-26)37(44)33(48-39)22-28-21-29(40)17-20-32(28)47-23-27-13-8-12-24-9-6-7-14-31(24)27/h3-22,36H,2,23H2,1H3/b33-22-/t36-/m1/s1. The molecule has 1 atom stereocenters. The molecule has 1 aromatic heterocycles. The molecule has 5 aromatic carbocycles. The van der Waals surface area contributed by atoms with E-state index >= 15 is 0 Å². The number of thiazole rings is 1. The number of hydrogen-bond donors (Lipinski definition) is 0. The van der Waals surface area contributed by atoms with Gasteiger partial charge in [-0.1, -0.05) is 108 Å². The van der Waals surface area contributed by atoms with Crippen molar-refractivity contribution in [1.29, 1.82) is 0 Å². The van der Waals surface area contributed by atoms with E-state index in [0.717, 1.165) is 16.3 Å². The van der Waals surface area contributed by atoms with Gasteiger partial charge in [0.05, 0.1) is 28.5 Å². The Morgan fingerprint density at radius 1 is 0.958 bits per heavy atom. The molecule has 0 radical (unpaired) electrons. The normalized spacial score (nSPS) is 14.5. The second-order valence-corrected chi connectivity index (χ2v) is 12.5.